The molecular weight excluding hydrogens is 245 g/mol. The Morgan fingerprint density at radius 1 is 1.67 bits per heavy atom. The number of rotatable bonds is 3. The predicted molar refractivity (Wildman–Crippen MR) is 52.4 cm³/mol. The van der Waals surface area contributed by atoms with Gasteiger partial charge in [-0.25, -0.2) is 0 Å². The lowest BCUT2D eigenvalue weighted by atomic mass is 10.2. The van der Waals surface area contributed by atoms with E-state index in [1.54, 1.807) is 6.26 Å². The number of hydrogen-bond donors (Lipinski definition) is 2. The largest absolute Gasteiger partial charge is 0.468 e. The molecule has 0 aliphatic carbocycles. The van der Waals surface area contributed by atoms with Gasteiger partial charge in [-0.3, -0.25) is 0 Å². The van der Waals surface area contributed by atoms with Crippen molar-refractivity contribution in [2.45, 2.75) is 12.5 Å². The average Bonchev–Trinajstić information content (AvgIpc) is 2.35. The molecule has 0 saturated heterocycles. The van der Waals surface area contributed by atoms with Crippen LogP contribution in [0.15, 0.2) is 21.2 Å². The summed E-state index contributed by atoms with van der Waals surface area (Å²) in [6, 6.07) is 1.61. The molecule has 0 radical (unpaired) electrons. The van der Waals surface area contributed by atoms with Crippen molar-refractivity contribution in [1.29, 1.82) is 0 Å². The van der Waals surface area contributed by atoms with Crippen LogP contribution in [0.2, 0.25) is 0 Å². The predicted octanol–water partition coefficient (Wildman–Crippen LogP) is 1.33. The second-order valence-corrected chi connectivity index (χ2v) is 3.29. The third-order valence-electron chi connectivity index (χ3n) is 1.32. The van der Waals surface area contributed by atoms with Crippen molar-refractivity contribution in [1.82, 2.24) is 0 Å². The molecule has 1 atom stereocenters. The zero-order valence-corrected chi connectivity index (χ0v) is 8.77. The van der Waals surface area contributed by atoms with Crippen LogP contribution in [0, 0.1) is 0 Å². The van der Waals surface area contributed by atoms with Crippen molar-refractivity contribution in [3.8, 4) is 0 Å². The van der Waals surface area contributed by atoms with Gasteiger partial charge in [-0.2, -0.15) is 0 Å². The lowest BCUT2D eigenvalue weighted by molar-refractivity contribution is 0.260. The van der Waals surface area contributed by atoms with Crippen LogP contribution in [0.1, 0.15) is 5.76 Å². The van der Waals surface area contributed by atoms with Crippen LogP contribution in [-0.2, 0) is 6.42 Å². The minimum atomic E-state index is -0.229. The first-order chi connectivity index (χ1) is 5.22. The summed E-state index contributed by atoms with van der Waals surface area (Å²) in [7, 11) is 0. The van der Waals surface area contributed by atoms with Gasteiger partial charge in [0.2, 0.25) is 0 Å². The van der Waals surface area contributed by atoms with E-state index in [-0.39, 0.29) is 25.1 Å². The van der Waals surface area contributed by atoms with E-state index < -0.39 is 0 Å². The van der Waals surface area contributed by atoms with E-state index in [1.165, 1.54) is 0 Å². The number of aliphatic hydroxyl groups excluding tert-OH is 1. The summed E-state index contributed by atoms with van der Waals surface area (Å²) in [5.41, 5.74) is 5.49. The van der Waals surface area contributed by atoms with Gasteiger partial charge in [0.15, 0.2) is 0 Å². The van der Waals surface area contributed by atoms with E-state index in [4.69, 9.17) is 15.3 Å². The molecule has 1 unspecified atom stereocenters. The molecule has 12 heavy (non-hydrogen) atoms. The molecule has 0 fully saturated rings. The molecule has 0 aromatic carbocycles. The molecule has 0 spiro atoms. The van der Waals surface area contributed by atoms with E-state index in [9.17, 15) is 0 Å². The van der Waals surface area contributed by atoms with E-state index in [0.29, 0.717) is 6.42 Å². The fourth-order valence-corrected chi connectivity index (χ4v) is 1.13. The van der Waals surface area contributed by atoms with Crippen LogP contribution in [0.4, 0.5) is 0 Å². The molecule has 1 aromatic rings. The Morgan fingerprint density at radius 3 is 2.75 bits per heavy atom. The number of aliphatic hydroxyl groups is 1. The van der Waals surface area contributed by atoms with Crippen molar-refractivity contribution < 1.29 is 9.52 Å². The Bertz CT molecular complexity index is 229. The fourth-order valence-electron chi connectivity index (χ4n) is 0.784. The van der Waals surface area contributed by atoms with Gasteiger partial charge < -0.3 is 15.3 Å². The van der Waals surface area contributed by atoms with Gasteiger partial charge in [-0.15, -0.1) is 12.4 Å². The summed E-state index contributed by atoms with van der Waals surface area (Å²) in [5.74, 6) is 0.790. The highest BCUT2D eigenvalue weighted by atomic mass is 79.9. The maximum atomic E-state index is 8.62. The Kier molecular flexibility index (Phi) is 5.57. The van der Waals surface area contributed by atoms with Crippen molar-refractivity contribution >= 4 is 28.3 Å². The quantitative estimate of drug-likeness (QED) is 0.858. The summed E-state index contributed by atoms with van der Waals surface area (Å²) in [6.45, 7) is -0.0156. The van der Waals surface area contributed by atoms with Crippen molar-refractivity contribution in [2.75, 3.05) is 6.61 Å². The summed E-state index contributed by atoms with van der Waals surface area (Å²) in [5, 5.41) is 8.62. The third-order valence-corrected chi connectivity index (χ3v) is 1.74. The molecule has 3 nitrogen and oxygen atoms in total. The maximum Gasteiger partial charge on any atom is 0.106 e. The first-order valence-corrected chi connectivity index (χ1v) is 4.11. The van der Waals surface area contributed by atoms with E-state index in [1.807, 2.05) is 6.07 Å². The standard InChI is InChI=1S/C7H10BrNO2.ClH/c8-5-1-7(11-4-5)2-6(9)3-10;/h1,4,6,10H,2-3,9H2;1H. The Hall–Kier alpha value is -0.0300. The molecule has 5 heteroatoms. The molecule has 1 aromatic heterocycles. The van der Waals surface area contributed by atoms with Gasteiger partial charge in [0.05, 0.1) is 11.1 Å². The molecule has 0 bridgehead atoms. The molecular formula is C7H11BrClNO2. The summed E-state index contributed by atoms with van der Waals surface area (Å²) < 4.78 is 6.00. The van der Waals surface area contributed by atoms with Gasteiger partial charge >= 0.3 is 0 Å². The summed E-state index contributed by atoms with van der Waals surface area (Å²) in [6.07, 6.45) is 2.17. The monoisotopic (exact) mass is 255 g/mol. The van der Waals surface area contributed by atoms with Crippen LogP contribution >= 0.6 is 28.3 Å². The van der Waals surface area contributed by atoms with Crippen LogP contribution in [0.3, 0.4) is 0 Å². The minimum Gasteiger partial charge on any atom is -0.468 e. The Labute approximate surface area is 85.5 Å². The normalized spacial score (nSPS) is 12.2. The van der Waals surface area contributed by atoms with Gasteiger partial charge in [-0.05, 0) is 22.0 Å². The van der Waals surface area contributed by atoms with E-state index in [2.05, 4.69) is 15.9 Å². The van der Waals surface area contributed by atoms with Crippen molar-refractivity contribution in [3.63, 3.8) is 0 Å². The van der Waals surface area contributed by atoms with Crippen LogP contribution in [0.5, 0.6) is 0 Å². The highest BCUT2D eigenvalue weighted by Gasteiger charge is 2.05. The molecule has 0 amide bonds. The maximum absolute atomic E-state index is 8.62. The topological polar surface area (TPSA) is 59.4 Å². The summed E-state index contributed by atoms with van der Waals surface area (Å²) >= 11 is 3.25. The number of halogens is 2. The molecule has 1 heterocycles. The highest BCUT2D eigenvalue weighted by Crippen LogP contribution is 2.14. The zero-order chi connectivity index (χ0) is 8.27. The van der Waals surface area contributed by atoms with E-state index >= 15 is 0 Å². The summed E-state index contributed by atoms with van der Waals surface area (Å²) in [4.78, 5) is 0. The molecule has 3 N–H and O–H groups in total. The molecule has 0 aliphatic rings. The molecule has 70 valence electrons. The fraction of sp³-hybridized carbons (Fsp3) is 0.429. The van der Waals surface area contributed by atoms with Crippen LogP contribution in [-0.4, -0.2) is 17.8 Å². The lowest BCUT2D eigenvalue weighted by Crippen LogP contribution is -2.26. The highest BCUT2D eigenvalue weighted by molar-refractivity contribution is 9.10. The zero-order valence-electron chi connectivity index (χ0n) is 6.37. The smallest absolute Gasteiger partial charge is 0.106 e. The third kappa shape index (κ3) is 3.58. The number of hydrogen-bond acceptors (Lipinski definition) is 3. The first-order valence-electron chi connectivity index (χ1n) is 3.31. The minimum absolute atomic E-state index is 0. The number of nitrogens with two attached hydrogens (primary N) is 1. The van der Waals surface area contributed by atoms with Gasteiger partial charge in [0, 0.05) is 12.5 Å². The first kappa shape index (κ1) is 12.0. The lowest BCUT2D eigenvalue weighted by Gasteiger charge is -2.03. The Balaban J connectivity index is 0.00000121. The second-order valence-electron chi connectivity index (χ2n) is 2.38. The average molecular weight is 257 g/mol. The SMILES string of the molecule is Cl.NC(CO)Cc1cc(Br)co1. The molecule has 0 saturated carbocycles. The van der Waals surface area contributed by atoms with Gasteiger partial charge in [0.1, 0.15) is 12.0 Å². The molecule has 0 aliphatic heterocycles. The number of furan rings is 1. The van der Waals surface area contributed by atoms with E-state index in [0.717, 1.165) is 10.2 Å². The van der Waals surface area contributed by atoms with Gasteiger partial charge in [0.25, 0.3) is 0 Å². The van der Waals surface area contributed by atoms with Crippen LogP contribution in [0.25, 0.3) is 0 Å². The van der Waals surface area contributed by atoms with Crippen molar-refractivity contribution in [2.24, 2.45) is 5.73 Å². The second kappa shape index (κ2) is 5.59. The van der Waals surface area contributed by atoms with Crippen LogP contribution < -0.4 is 5.73 Å². The Morgan fingerprint density at radius 2 is 2.33 bits per heavy atom. The molecule has 1 rings (SSSR count). The van der Waals surface area contributed by atoms with Crippen molar-refractivity contribution in [3.05, 3.63) is 22.6 Å². The van der Waals surface area contributed by atoms with Gasteiger partial charge in [-0.1, -0.05) is 0 Å².